The second-order valence-electron chi connectivity index (χ2n) is 4.15. The predicted octanol–water partition coefficient (Wildman–Crippen LogP) is 0.0143. The quantitative estimate of drug-likeness (QED) is 0.637. The Labute approximate surface area is 94.2 Å². The van der Waals surface area contributed by atoms with Crippen LogP contribution in [0.1, 0.15) is 26.7 Å². The maximum absolute atomic E-state index is 11.7. The normalized spacial score (nSPS) is 26.6. The maximum atomic E-state index is 11.7. The van der Waals surface area contributed by atoms with Crippen molar-refractivity contribution in [3.8, 4) is 0 Å². The number of hydrogen-bond donors (Lipinski definition) is 3. The van der Waals surface area contributed by atoms with Crippen molar-refractivity contribution in [2.24, 2.45) is 0 Å². The van der Waals surface area contributed by atoms with Gasteiger partial charge in [-0.15, -0.1) is 0 Å². The fraction of sp³-hybridized carbons (Fsp3) is 0.800. The second kappa shape index (κ2) is 5.16. The third-order valence-electron chi connectivity index (χ3n) is 2.81. The molecular formula is C10H18N2O4. The molecule has 0 radical (unpaired) electrons. The first kappa shape index (κ1) is 12.8. The zero-order chi connectivity index (χ0) is 12.3. The Morgan fingerprint density at radius 2 is 2.19 bits per heavy atom. The number of hydrogen-bond acceptors (Lipinski definition) is 3. The first-order valence-electron chi connectivity index (χ1n) is 5.43. The molecular weight excluding hydrogens is 212 g/mol. The molecule has 1 rings (SSSR count). The second-order valence-corrected chi connectivity index (χ2v) is 4.15. The molecule has 0 saturated carbocycles. The Morgan fingerprint density at radius 3 is 2.69 bits per heavy atom. The Morgan fingerprint density at radius 1 is 1.56 bits per heavy atom. The molecule has 1 saturated heterocycles. The highest BCUT2D eigenvalue weighted by atomic mass is 16.4. The minimum atomic E-state index is -1.07. The van der Waals surface area contributed by atoms with Gasteiger partial charge < -0.3 is 20.4 Å². The summed E-state index contributed by atoms with van der Waals surface area (Å²) >= 11 is 0. The van der Waals surface area contributed by atoms with E-state index in [0.717, 1.165) is 6.42 Å². The highest BCUT2D eigenvalue weighted by Crippen LogP contribution is 2.18. The van der Waals surface area contributed by atoms with E-state index < -0.39 is 24.1 Å². The summed E-state index contributed by atoms with van der Waals surface area (Å²) in [5, 5.41) is 21.0. The van der Waals surface area contributed by atoms with Crippen LogP contribution in [0.5, 0.6) is 0 Å². The molecule has 16 heavy (non-hydrogen) atoms. The highest BCUT2D eigenvalue weighted by Gasteiger charge is 2.39. The summed E-state index contributed by atoms with van der Waals surface area (Å²) in [5.74, 6) is -1.07. The number of carboxylic acids is 1. The van der Waals surface area contributed by atoms with Crippen LogP contribution in [0.3, 0.4) is 0 Å². The molecule has 0 aromatic heterocycles. The minimum Gasteiger partial charge on any atom is -0.480 e. The molecule has 0 spiro atoms. The van der Waals surface area contributed by atoms with Gasteiger partial charge in [0.2, 0.25) is 0 Å². The molecule has 92 valence electrons. The number of nitrogens with zero attached hydrogens (tertiary/aromatic N) is 1. The number of aliphatic hydroxyl groups excluding tert-OH is 1. The van der Waals surface area contributed by atoms with Gasteiger partial charge in [0.05, 0.1) is 6.10 Å². The lowest BCUT2D eigenvalue weighted by atomic mass is 10.2. The molecule has 3 unspecified atom stereocenters. The van der Waals surface area contributed by atoms with Crippen LogP contribution >= 0.6 is 0 Å². The Bertz CT molecular complexity index is 282. The SMILES string of the molecule is CCC(C)NC(=O)N1CC(O)CC1C(=O)O. The van der Waals surface area contributed by atoms with Crippen molar-refractivity contribution in [1.29, 1.82) is 0 Å². The van der Waals surface area contributed by atoms with Crippen molar-refractivity contribution < 1.29 is 19.8 Å². The number of amides is 2. The summed E-state index contributed by atoms with van der Waals surface area (Å²) in [6.07, 6.45) is 0.132. The van der Waals surface area contributed by atoms with Crippen LogP contribution in [0.15, 0.2) is 0 Å². The molecule has 0 aromatic rings. The summed E-state index contributed by atoms with van der Waals surface area (Å²) in [5.41, 5.74) is 0. The molecule has 1 aliphatic heterocycles. The number of carbonyl (C=O) groups excluding carboxylic acids is 1. The highest BCUT2D eigenvalue weighted by molar-refractivity contribution is 5.83. The van der Waals surface area contributed by atoms with Crippen LogP contribution < -0.4 is 5.32 Å². The van der Waals surface area contributed by atoms with Gasteiger partial charge in [0.1, 0.15) is 6.04 Å². The average Bonchev–Trinajstić information content (AvgIpc) is 2.60. The summed E-state index contributed by atoms with van der Waals surface area (Å²) in [6.45, 7) is 3.86. The molecule has 3 atom stereocenters. The van der Waals surface area contributed by atoms with Gasteiger partial charge in [-0.05, 0) is 13.3 Å². The molecule has 0 bridgehead atoms. The van der Waals surface area contributed by atoms with Gasteiger partial charge in [0, 0.05) is 19.0 Å². The number of rotatable bonds is 3. The van der Waals surface area contributed by atoms with Gasteiger partial charge in [0.15, 0.2) is 0 Å². The van der Waals surface area contributed by atoms with Gasteiger partial charge in [-0.3, -0.25) is 0 Å². The summed E-state index contributed by atoms with van der Waals surface area (Å²) in [6, 6.07) is -1.34. The molecule has 0 aliphatic carbocycles. The Kier molecular flexibility index (Phi) is 4.12. The van der Waals surface area contributed by atoms with Gasteiger partial charge in [-0.1, -0.05) is 6.92 Å². The summed E-state index contributed by atoms with van der Waals surface area (Å²) in [7, 11) is 0. The van der Waals surface area contributed by atoms with E-state index >= 15 is 0 Å². The van der Waals surface area contributed by atoms with E-state index in [2.05, 4.69) is 5.32 Å². The van der Waals surface area contributed by atoms with Crippen LogP contribution in [-0.2, 0) is 4.79 Å². The topological polar surface area (TPSA) is 89.9 Å². The number of β-amino-alcohol motifs (C(OH)–C–C–N with tert-alkyl or cyclic N) is 1. The Balaban J connectivity index is 2.63. The molecule has 6 heteroatoms. The lowest BCUT2D eigenvalue weighted by Crippen LogP contribution is -2.48. The lowest BCUT2D eigenvalue weighted by molar-refractivity contribution is -0.141. The maximum Gasteiger partial charge on any atom is 0.326 e. The molecule has 0 aromatic carbocycles. The predicted molar refractivity (Wildman–Crippen MR) is 57.0 cm³/mol. The monoisotopic (exact) mass is 230 g/mol. The van der Waals surface area contributed by atoms with Crippen LogP contribution in [-0.4, -0.2) is 51.8 Å². The van der Waals surface area contributed by atoms with Gasteiger partial charge in [0.25, 0.3) is 0 Å². The van der Waals surface area contributed by atoms with Crippen LogP contribution in [0.25, 0.3) is 0 Å². The Hall–Kier alpha value is -1.30. The van der Waals surface area contributed by atoms with E-state index in [1.807, 2.05) is 13.8 Å². The van der Waals surface area contributed by atoms with E-state index in [1.54, 1.807) is 0 Å². The van der Waals surface area contributed by atoms with Gasteiger partial charge in [-0.25, -0.2) is 9.59 Å². The van der Waals surface area contributed by atoms with Crippen molar-refractivity contribution in [1.82, 2.24) is 10.2 Å². The van der Waals surface area contributed by atoms with Crippen molar-refractivity contribution >= 4 is 12.0 Å². The number of carbonyl (C=O) groups is 2. The third-order valence-corrected chi connectivity index (χ3v) is 2.81. The number of aliphatic hydroxyl groups is 1. The average molecular weight is 230 g/mol. The van der Waals surface area contributed by atoms with Gasteiger partial charge in [-0.2, -0.15) is 0 Å². The summed E-state index contributed by atoms with van der Waals surface area (Å²) < 4.78 is 0. The fourth-order valence-electron chi connectivity index (χ4n) is 1.67. The number of urea groups is 1. The number of likely N-dealkylation sites (tertiary alicyclic amines) is 1. The summed E-state index contributed by atoms with van der Waals surface area (Å²) in [4.78, 5) is 23.8. The molecule has 1 heterocycles. The van der Waals surface area contributed by atoms with Crippen LogP contribution in [0.2, 0.25) is 0 Å². The van der Waals surface area contributed by atoms with Crippen LogP contribution in [0.4, 0.5) is 4.79 Å². The zero-order valence-electron chi connectivity index (χ0n) is 9.51. The molecule has 6 nitrogen and oxygen atoms in total. The third kappa shape index (κ3) is 2.85. The molecule has 1 aliphatic rings. The van der Waals surface area contributed by atoms with E-state index in [1.165, 1.54) is 4.90 Å². The number of aliphatic carboxylic acids is 1. The van der Waals surface area contributed by atoms with E-state index in [-0.39, 0.29) is 19.0 Å². The number of carboxylic acid groups (broad SMARTS) is 1. The van der Waals surface area contributed by atoms with Crippen molar-refractivity contribution in [2.75, 3.05) is 6.54 Å². The van der Waals surface area contributed by atoms with Crippen molar-refractivity contribution in [2.45, 2.75) is 44.9 Å². The van der Waals surface area contributed by atoms with E-state index in [4.69, 9.17) is 5.11 Å². The standard InChI is InChI=1S/C10H18N2O4/c1-3-6(2)11-10(16)12-5-7(13)4-8(12)9(14)15/h6-8,13H,3-5H2,1-2H3,(H,11,16)(H,14,15). The minimum absolute atomic E-state index is 0.000289. The van der Waals surface area contributed by atoms with E-state index in [0.29, 0.717) is 0 Å². The van der Waals surface area contributed by atoms with E-state index in [9.17, 15) is 14.7 Å². The first-order valence-corrected chi connectivity index (χ1v) is 5.43. The van der Waals surface area contributed by atoms with Crippen LogP contribution in [0, 0.1) is 0 Å². The molecule has 1 fully saturated rings. The fourth-order valence-corrected chi connectivity index (χ4v) is 1.67. The molecule has 3 N–H and O–H groups in total. The number of nitrogens with one attached hydrogen (secondary N) is 1. The molecule has 2 amide bonds. The van der Waals surface area contributed by atoms with Crippen molar-refractivity contribution in [3.63, 3.8) is 0 Å². The van der Waals surface area contributed by atoms with Gasteiger partial charge >= 0.3 is 12.0 Å². The zero-order valence-corrected chi connectivity index (χ0v) is 9.51. The smallest absolute Gasteiger partial charge is 0.326 e. The largest absolute Gasteiger partial charge is 0.480 e. The lowest BCUT2D eigenvalue weighted by Gasteiger charge is -2.23. The van der Waals surface area contributed by atoms with Crippen molar-refractivity contribution in [3.05, 3.63) is 0 Å². The first-order chi connectivity index (χ1) is 7.45.